The number of hydrogen-bond acceptors (Lipinski definition) is 3. The van der Waals surface area contributed by atoms with Gasteiger partial charge in [-0.1, -0.05) is 61.2 Å². The van der Waals surface area contributed by atoms with Gasteiger partial charge in [-0.3, -0.25) is 4.98 Å². The maximum atomic E-state index is 12.6. The van der Waals surface area contributed by atoms with Crippen molar-refractivity contribution in [3.8, 4) is 11.1 Å². The number of aromatic nitrogens is 1. The molecule has 0 radical (unpaired) electrons. The van der Waals surface area contributed by atoms with E-state index in [1.807, 2.05) is 48.5 Å². The lowest BCUT2D eigenvalue weighted by Crippen LogP contribution is -2.33. The normalized spacial score (nSPS) is 13.6. The molecule has 1 aromatic heterocycles. The molecule has 0 spiro atoms. The number of carbonyl (C=O) groups excluding carboxylic acids is 1. The van der Waals surface area contributed by atoms with Gasteiger partial charge in [0.1, 0.15) is 0 Å². The van der Waals surface area contributed by atoms with Gasteiger partial charge in [-0.05, 0) is 24.1 Å². The quantitative estimate of drug-likeness (QED) is 0.526. The van der Waals surface area contributed by atoms with Gasteiger partial charge in [0.2, 0.25) is 0 Å². The Balaban J connectivity index is 2.07. The third kappa shape index (κ3) is 2.20. The zero-order valence-corrected chi connectivity index (χ0v) is 13.9. The molecule has 1 aliphatic rings. The SMILES string of the molecule is C=C(C)C(=O)OC1(c2cccnc2)c2ccccc2-c2ccccc21. The number of fused-ring (bicyclic) bond motifs is 3. The zero-order chi connectivity index (χ0) is 17.4. The van der Waals surface area contributed by atoms with Crippen molar-refractivity contribution in [3.63, 3.8) is 0 Å². The molecular formula is C22H17NO2. The van der Waals surface area contributed by atoms with Gasteiger partial charge in [-0.2, -0.15) is 0 Å². The van der Waals surface area contributed by atoms with E-state index in [-0.39, 0.29) is 0 Å². The number of benzene rings is 2. The lowest BCUT2D eigenvalue weighted by Gasteiger charge is -2.32. The number of carbonyl (C=O) groups is 1. The minimum Gasteiger partial charge on any atom is -0.441 e. The van der Waals surface area contributed by atoms with Crippen molar-refractivity contribution in [1.29, 1.82) is 0 Å². The molecule has 25 heavy (non-hydrogen) atoms. The standard InChI is InChI=1S/C22H17NO2/c1-15(2)21(24)25-22(16-8-7-13-23-14-16)19-11-5-3-9-17(19)18-10-4-6-12-20(18)22/h3-14H,1H2,2H3. The molecule has 0 unspecified atom stereocenters. The van der Waals surface area contributed by atoms with E-state index in [0.717, 1.165) is 27.8 Å². The predicted molar refractivity (Wildman–Crippen MR) is 96.9 cm³/mol. The van der Waals surface area contributed by atoms with E-state index >= 15 is 0 Å². The molecule has 0 fully saturated rings. The maximum absolute atomic E-state index is 12.6. The summed E-state index contributed by atoms with van der Waals surface area (Å²) < 4.78 is 6.12. The first-order valence-corrected chi connectivity index (χ1v) is 8.13. The average Bonchev–Trinajstić information content (AvgIpc) is 2.94. The summed E-state index contributed by atoms with van der Waals surface area (Å²) >= 11 is 0. The molecule has 0 saturated heterocycles. The summed E-state index contributed by atoms with van der Waals surface area (Å²) in [6, 6.07) is 19.8. The van der Waals surface area contributed by atoms with Gasteiger partial charge in [0.05, 0.1) is 0 Å². The number of nitrogens with zero attached hydrogens (tertiary/aromatic N) is 1. The fourth-order valence-electron chi connectivity index (χ4n) is 3.47. The van der Waals surface area contributed by atoms with Gasteiger partial charge in [0.25, 0.3) is 0 Å². The Morgan fingerprint density at radius 2 is 1.56 bits per heavy atom. The first-order chi connectivity index (χ1) is 12.1. The van der Waals surface area contributed by atoms with Crippen LogP contribution in [0.2, 0.25) is 0 Å². The fourth-order valence-corrected chi connectivity index (χ4v) is 3.47. The van der Waals surface area contributed by atoms with Crippen molar-refractivity contribution < 1.29 is 9.53 Å². The van der Waals surface area contributed by atoms with Crippen molar-refractivity contribution in [2.24, 2.45) is 0 Å². The van der Waals surface area contributed by atoms with Crippen molar-refractivity contribution in [2.75, 3.05) is 0 Å². The Labute approximate surface area is 146 Å². The van der Waals surface area contributed by atoms with Gasteiger partial charge >= 0.3 is 5.97 Å². The highest BCUT2D eigenvalue weighted by molar-refractivity contribution is 5.90. The third-order valence-electron chi connectivity index (χ3n) is 4.57. The second kappa shape index (κ2) is 5.71. The lowest BCUT2D eigenvalue weighted by molar-refractivity contribution is -0.148. The van der Waals surface area contributed by atoms with Gasteiger partial charge in [0.15, 0.2) is 5.60 Å². The van der Waals surface area contributed by atoms with Crippen molar-refractivity contribution in [1.82, 2.24) is 4.98 Å². The Hall–Kier alpha value is -3.20. The molecule has 2 aromatic carbocycles. The summed E-state index contributed by atoms with van der Waals surface area (Å²) in [7, 11) is 0. The molecule has 4 rings (SSSR count). The first kappa shape index (κ1) is 15.3. The summed E-state index contributed by atoms with van der Waals surface area (Å²) in [6.45, 7) is 5.40. The predicted octanol–water partition coefficient (Wildman–Crippen LogP) is 4.47. The number of esters is 1. The molecule has 122 valence electrons. The molecule has 3 nitrogen and oxygen atoms in total. The second-order valence-corrected chi connectivity index (χ2v) is 6.18. The summed E-state index contributed by atoms with van der Waals surface area (Å²) in [5.74, 6) is -0.421. The number of ether oxygens (including phenoxy) is 1. The Kier molecular flexibility index (Phi) is 3.50. The van der Waals surface area contributed by atoms with Crippen LogP contribution in [-0.2, 0) is 15.1 Å². The van der Waals surface area contributed by atoms with Crippen LogP contribution in [-0.4, -0.2) is 11.0 Å². The molecule has 0 amide bonds. The molecule has 0 saturated carbocycles. The van der Waals surface area contributed by atoms with Crippen LogP contribution in [0.1, 0.15) is 23.6 Å². The van der Waals surface area contributed by atoms with Crippen LogP contribution < -0.4 is 0 Å². The second-order valence-electron chi connectivity index (χ2n) is 6.18. The van der Waals surface area contributed by atoms with E-state index in [2.05, 4.69) is 23.7 Å². The van der Waals surface area contributed by atoms with E-state index in [1.165, 1.54) is 0 Å². The zero-order valence-electron chi connectivity index (χ0n) is 13.9. The number of rotatable bonds is 3. The average molecular weight is 327 g/mol. The van der Waals surface area contributed by atoms with Crippen molar-refractivity contribution >= 4 is 5.97 Å². The summed E-state index contributed by atoms with van der Waals surface area (Å²) in [5, 5.41) is 0. The van der Waals surface area contributed by atoms with Crippen LogP contribution >= 0.6 is 0 Å². The smallest absolute Gasteiger partial charge is 0.334 e. The molecule has 0 atom stereocenters. The Morgan fingerprint density at radius 1 is 0.960 bits per heavy atom. The first-order valence-electron chi connectivity index (χ1n) is 8.13. The number of hydrogen-bond donors (Lipinski definition) is 0. The van der Waals surface area contributed by atoms with Crippen molar-refractivity contribution in [3.05, 3.63) is 102 Å². The highest BCUT2D eigenvalue weighted by Gasteiger charge is 2.48. The van der Waals surface area contributed by atoms with Crippen LogP contribution in [0.4, 0.5) is 0 Å². The number of pyridine rings is 1. The Bertz CT molecular complexity index is 931. The van der Waals surface area contributed by atoms with Crippen LogP contribution in [0.3, 0.4) is 0 Å². The highest BCUT2D eigenvalue weighted by atomic mass is 16.6. The highest BCUT2D eigenvalue weighted by Crippen LogP contribution is 2.53. The van der Waals surface area contributed by atoms with Crippen LogP contribution in [0.5, 0.6) is 0 Å². The van der Waals surface area contributed by atoms with Crippen molar-refractivity contribution in [2.45, 2.75) is 12.5 Å². The minimum absolute atomic E-state index is 0.366. The summed E-state index contributed by atoms with van der Waals surface area (Å²) in [4.78, 5) is 16.8. The topological polar surface area (TPSA) is 39.2 Å². The molecule has 0 N–H and O–H groups in total. The summed E-state index contributed by atoms with van der Waals surface area (Å²) in [6.07, 6.45) is 3.47. The van der Waals surface area contributed by atoms with Gasteiger partial charge in [0, 0.05) is 34.7 Å². The van der Waals surface area contributed by atoms with E-state index < -0.39 is 11.6 Å². The molecule has 3 heteroatoms. The largest absolute Gasteiger partial charge is 0.441 e. The third-order valence-corrected chi connectivity index (χ3v) is 4.57. The molecule has 3 aromatic rings. The van der Waals surface area contributed by atoms with Crippen LogP contribution in [0.25, 0.3) is 11.1 Å². The fraction of sp³-hybridized carbons (Fsp3) is 0.0909. The molecule has 0 bridgehead atoms. The minimum atomic E-state index is -1.02. The molecule has 0 aliphatic heterocycles. The monoisotopic (exact) mass is 327 g/mol. The van der Waals surface area contributed by atoms with E-state index in [9.17, 15) is 4.79 Å². The van der Waals surface area contributed by atoms with E-state index in [4.69, 9.17) is 4.74 Å². The molecule has 1 aliphatic carbocycles. The Morgan fingerprint density at radius 3 is 2.08 bits per heavy atom. The maximum Gasteiger partial charge on any atom is 0.334 e. The molecule has 1 heterocycles. The van der Waals surface area contributed by atoms with Crippen LogP contribution in [0.15, 0.2) is 85.2 Å². The van der Waals surface area contributed by atoms with Crippen LogP contribution in [0, 0.1) is 0 Å². The van der Waals surface area contributed by atoms with Gasteiger partial charge < -0.3 is 4.74 Å². The molecular weight excluding hydrogens is 310 g/mol. The van der Waals surface area contributed by atoms with Gasteiger partial charge in [-0.15, -0.1) is 0 Å². The summed E-state index contributed by atoms with van der Waals surface area (Å²) in [5.41, 5.74) is 4.19. The van der Waals surface area contributed by atoms with E-state index in [0.29, 0.717) is 5.57 Å². The lowest BCUT2D eigenvalue weighted by atomic mass is 9.84. The van der Waals surface area contributed by atoms with Gasteiger partial charge in [-0.25, -0.2) is 4.79 Å². The van der Waals surface area contributed by atoms with E-state index in [1.54, 1.807) is 19.3 Å².